The molecule has 1 aromatic heterocycles. The molecule has 1 aliphatic rings. The van der Waals surface area contributed by atoms with E-state index in [4.69, 9.17) is 4.52 Å². The van der Waals surface area contributed by atoms with Gasteiger partial charge in [-0.05, 0) is 36.5 Å². The Morgan fingerprint density at radius 2 is 1.84 bits per heavy atom. The number of aliphatic carboxylic acids is 1. The summed E-state index contributed by atoms with van der Waals surface area (Å²) >= 11 is 0. The predicted molar refractivity (Wildman–Crippen MR) is 115 cm³/mol. The molecule has 1 amide bonds. The van der Waals surface area contributed by atoms with Gasteiger partial charge in [0, 0.05) is 13.0 Å². The molecule has 1 atom stereocenters. The van der Waals surface area contributed by atoms with Gasteiger partial charge in [0.2, 0.25) is 15.9 Å². The minimum atomic E-state index is -3.76. The summed E-state index contributed by atoms with van der Waals surface area (Å²) in [6.07, 6.45) is 9.11. The zero-order chi connectivity index (χ0) is 23.4. The van der Waals surface area contributed by atoms with Crippen LogP contribution in [0.5, 0.6) is 0 Å². The van der Waals surface area contributed by atoms with Crippen LogP contribution in [0.2, 0.25) is 0 Å². The summed E-state index contributed by atoms with van der Waals surface area (Å²) in [6.45, 7) is 6.84. The van der Waals surface area contributed by atoms with Crippen molar-refractivity contribution in [3.8, 4) is 0 Å². The molecule has 1 fully saturated rings. The lowest BCUT2D eigenvalue weighted by molar-refractivity contribution is -0.137. The van der Waals surface area contributed by atoms with Gasteiger partial charge in [0.05, 0.1) is 12.7 Å². The monoisotopic (exact) mass is 457 g/mol. The van der Waals surface area contributed by atoms with Gasteiger partial charge in [-0.3, -0.25) is 9.59 Å². The van der Waals surface area contributed by atoms with Crippen molar-refractivity contribution < 1.29 is 27.6 Å². The lowest BCUT2D eigenvalue weighted by Gasteiger charge is -2.48. The Bertz CT molecular complexity index is 881. The summed E-state index contributed by atoms with van der Waals surface area (Å²) in [5.41, 5.74) is 0.392. The topological polar surface area (TPSA) is 131 Å². The normalized spacial score (nSPS) is 17.8. The number of carboxylic acids is 1. The summed E-state index contributed by atoms with van der Waals surface area (Å²) in [4.78, 5) is 27.7. The van der Waals surface area contributed by atoms with E-state index in [-0.39, 0.29) is 23.1 Å². The van der Waals surface area contributed by atoms with Crippen molar-refractivity contribution in [2.45, 2.75) is 84.5 Å². The van der Waals surface area contributed by atoms with Crippen LogP contribution in [0.1, 0.15) is 101 Å². The highest BCUT2D eigenvalue weighted by Gasteiger charge is 2.42. The van der Waals surface area contributed by atoms with Gasteiger partial charge >= 0.3 is 11.9 Å². The van der Waals surface area contributed by atoms with Gasteiger partial charge in [-0.1, -0.05) is 51.6 Å². The number of hydrogen-bond acceptors (Lipinski definition) is 7. The second-order valence-corrected chi connectivity index (χ2v) is 11.8. The first-order valence-corrected chi connectivity index (χ1v) is 12.7. The van der Waals surface area contributed by atoms with Gasteiger partial charge in [0.1, 0.15) is 0 Å². The van der Waals surface area contributed by atoms with Gasteiger partial charge < -0.3 is 9.63 Å². The highest BCUT2D eigenvalue weighted by Crippen LogP contribution is 2.53. The van der Waals surface area contributed by atoms with Crippen LogP contribution in [-0.2, 0) is 14.8 Å². The molecule has 0 spiro atoms. The first kappa shape index (κ1) is 25.3. The molecule has 1 aromatic rings. The summed E-state index contributed by atoms with van der Waals surface area (Å²) in [5.74, 6) is -2.78. The third kappa shape index (κ3) is 6.27. The molecule has 0 aliphatic heterocycles. The molecule has 1 heterocycles. The van der Waals surface area contributed by atoms with E-state index in [1.54, 1.807) is 0 Å². The summed E-state index contributed by atoms with van der Waals surface area (Å²) in [5, 5.41) is 12.9. The van der Waals surface area contributed by atoms with Crippen molar-refractivity contribution in [2.75, 3.05) is 13.3 Å². The average molecular weight is 458 g/mol. The zero-order valence-electron chi connectivity index (χ0n) is 19.2. The summed E-state index contributed by atoms with van der Waals surface area (Å²) in [6, 6.07) is 0. The lowest BCUT2D eigenvalue weighted by Crippen LogP contribution is -2.37. The molecule has 0 radical (unpaired) electrons. The lowest BCUT2D eigenvalue weighted by atomic mass is 9.57. The van der Waals surface area contributed by atoms with Crippen LogP contribution in [0.4, 0.5) is 0 Å². The van der Waals surface area contributed by atoms with E-state index in [0.717, 1.165) is 26.1 Å². The van der Waals surface area contributed by atoms with Crippen LogP contribution in [-0.4, -0.2) is 53.2 Å². The van der Waals surface area contributed by atoms with Gasteiger partial charge in [-0.15, -0.1) is 0 Å². The molecule has 0 unspecified atom stereocenters. The van der Waals surface area contributed by atoms with Crippen LogP contribution in [0.25, 0.3) is 0 Å². The van der Waals surface area contributed by atoms with E-state index in [2.05, 4.69) is 30.9 Å². The molecule has 176 valence electrons. The molecule has 0 bridgehead atoms. The number of carbonyl (C=O) groups is 2. The quantitative estimate of drug-likeness (QED) is 0.592. The summed E-state index contributed by atoms with van der Waals surface area (Å²) < 4.78 is 28.9. The van der Waals surface area contributed by atoms with Crippen LogP contribution >= 0.6 is 0 Å². The number of sulfonamides is 1. The minimum absolute atomic E-state index is 0.0566. The molecular weight excluding hydrogens is 422 g/mol. The van der Waals surface area contributed by atoms with Crippen LogP contribution in [0.3, 0.4) is 0 Å². The van der Waals surface area contributed by atoms with E-state index >= 15 is 0 Å². The third-order valence-electron chi connectivity index (χ3n) is 6.80. The second kappa shape index (κ2) is 9.67. The molecule has 0 saturated heterocycles. The Labute approximate surface area is 184 Å². The van der Waals surface area contributed by atoms with E-state index in [0.29, 0.717) is 10.7 Å². The molecule has 1 aliphatic carbocycles. The van der Waals surface area contributed by atoms with Crippen LogP contribution in [0.15, 0.2) is 4.52 Å². The maximum atomic E-state index is 12.3. The molecular formula is C21H35N3O6S. The number of rotatable bonds is 9. The highest BCUT2D eigenvalue weighted by molar-refractivity contribution is 7.88. The van der Waals surface area contributed by atoms with Gasteiger partial charge in [-0.25, -0.2) is 12.7 Å². The largest absolute Gasteiger partial charge is 0.481 e. The van der Waals surface area contributed by atoms with E-state index in [1.165, 1.54) is 32.1 Å². The standard InChI is InChI=1S/C21H35N3O6S/c1-20(2,3)21(11-7-6-8-12-21)13-9-10-15(14-16(25)26)18-22-17(23-30-18)19(27)24(4)31(5,28)29/h15H,6-14H2,1-5H3,(H,25,26)/t15-/m1/s1. The molecule has 0 aromatic carbocycles. The molecule has 31 heavy (non-hydrogen) atoms. The Hall–Kier alpha value is -1.97. The number of carbonyl (C=O) groups excluding carboxylic acids is 1. The second-order valence-electron chi connectivity index (χ2n) is 9.77. The Morgan fingerprint density at radius 3 is 2.35 bits per heavy atom. The smallest absolute Gasteiger partial charge is 0.308 e. The molecule has 10 heteroatoms. The third-order valence-corrected chi connectivity index (χ3v) is 7.96. The van der Waals surface area contributed by atoms with Gasteiger partial charge in [-0.2, -0.15) is 4.98 Å². The van der Waals surface area contributed by atoms with Crippen molar-refractivity contribution in [2.24, 2.45) is 10.8 Å². The first-order valence-electron chi connectivity index (χ1n) is 10.8. The van der Waals surface area contributed by atoms with Crippen LogP contribution in [0, 0.1) is 10.8 Å². The van der Waals surface area contributed by atoms with Gasteiger partial charge in [0.15, 0.2) is 0 Å². The Balaban J connectivity index is 2.13. The van der Waals surface area contributed by atoms with Crippen LogP contribution < -0.4 is 0 Å². The number of carboxylic acid groups (broad SMARTS) is 1. The number of aromatic nitrogens is 2. The van der Waals surface area contributed by atoms with E-state index in [1.807, 2.05) is 0 Å². The average Bonchev–Trinajstić information content (AvgIpc) is 3.15. The first-order chi connectivity index (χ1) is 14.3. The fourth-order valence-corrected chi connectivity index (χ4v) is 4.98. The van der Waals surface area contributed by atoms with Crippen molar-refractivity contribution in [3.05, 3.63) is 11.7 Å². The maximum Gasteiger partial charge on any atom is 0.308 e. The minimum Gasteiger partial charge on any atom is -0.481 e. The maximum absolute atomic E-state index is 12.3. The number of nitrogens with zero attached hydrogens (tertiary/aromatic N) is 3. The van der Waals surface area contributed by atoms with E-state index < -0.39 is 33.6 Å². The summed E-state index contributed by atoms with van der Waals surface area (Å²) in [7, 11) is -2.65. The zero-order valence-corrected chi connectivity index (χ0v) is 20.0. The molecule has 2 rings (SSSR count). The van der Waals surface area contributed by atoms with E-state index in [9.17, 15) is 23.1 Å². The van der Waals surface area contributed by atoms with Crippen molar-refractivity contribution in [3.63, 3.8) is 0 Å². The highest BCUT2D eigenvalue weighted by atomic mass is 32.2. The predicted octanol–water partition coefficient (Wildman–Crippen LogP) is 3.83. The van der Waals surface area contributed by atoms with Gasteiger partial charge in [0.25, 0.3) is 5.82 Å². The SMILES string of the molecule is CN(C(=O)c1noc([C@H](CCCC2(C(C)(C)C)CCCCC2)CC(=O)O)n1)S(C)(=O)=O. The van der Waals surface area contributed by atoms with Crippen molar-refractivity contribution in [1.29, 1.82) is 0 Å². The Kier molecular flexibility index (Phi) is 7.89. The Morgan fingerprint density at radius 1 is 1.23 bits per heavy atom. The number of hydrogen-bond donors (Lipinski definition) is 1. The van der Waals surface area contributed by atoms with Crippen molar-refractivity contribution >= 4 is 21.9 Å². The molecule has 1 saturated carbocycles. The number of amides is 1. The fourth-order valence-electron chi connectivity index (χ4n) is 4.59. The fraction of sp³-hybridized carbons (Fsp3) is 0.810. The molecule has 1 N–H and O–H groups in total. The van der Waals surface area contributed by atoms with Crippen molar-refractivity contribution in [1.82, 2.24) is 14.4 Å². The molecule has 9 nitrogen and oxygen atoms in total.